The van der Waals surface area contributed by atoms with E-state index in [-0.39, 0.29) is 29.9 Å². The molecule has 4 heteroatoms. The highest BCUT2D eigenvalue weighted by atomic mass is 16.5. The van der Waals surface area contributed by atoms with Crippen molar-refractivity contribution in [3.05, 3.63) is 0 Å². The molecular formula is C28H52O4. The molecule has 1 rings (SSSR count). The molecule has 0 saturated heterocycles. The van der Waals surface area contributed by atoms with Gasteiger partial charge in [0.1, 0.15) is 0 Å². The molecule has 4 nitrogen and oxygen atoms in total. The largest absolute Gasteiger partial charge is 0.465 e. The van der Waals surface area contributed by atoms with Crippen molar-refractivity contribution in [2.45, 2.75) is 149 Å². The smallest absolute Gasteiger partial charge is 0.310 e. The number of rotatable bonds is 19. The van der Waals surface area contributed by atoms with Crippen molar-refractivity contribution in [3.63, 3.8) is 0 Å². The molecule has 0 N–H and O–H groups in total. The Morgan fingerprint density at radius 2 is 1.06 bits per heavy atom. The molecule has 1 aliphatic carbocycles. The number of carbonyl (C=O) groups is 2. The van der Waals surface area contributed by atoms with Crippen LogP contribution in [0.2, 0.25) is 0 Å². The van der Waals surface area contributed by atoms with Gasteiger partial charge in [-0.25, -0.2) is 0 Å². The summed E-state index contributed by atoms with van der Waals surface area (Å²) >= 11 is 0. The van der Waals surface area contributed by atoms with Crippen LogP contribution in [0.15, 0.2) is 0 Å². The molecule has 1 aliphatic rings. The summed E-state index contributed by atoms with van der Waals surface area (Å²) in [6, 6.07) is 0. The van der Waals surface area contributed by atoms with E-state index in [1.165, 1.54) is 83.5 Å². The zero-order valence-corrected chi connectivity index (χ0v) is 21.5. The zero-order chi connectivity index (χ0) is 23.4. The fourth-order valence-corrected chi connectivity index (χ4v) is 4.77. The minimum atomic E-state index is -0.320. The van der Waals surface area contributed by atoms with Crippen LogP contribution in [0.3, 0.4) is 0 Å². The summed E-state index contributed by atoms with van der Waals surface area (Å²) in [5, 5.41) is 0. The van der Waals surface area contributed by atoms with Gasteiger partial charge in [-0.3, -0.25) is 9.59 Å². The fourth-order valence-electron chi connectivity index (χ4n) is 4.77. The summed E-state index contributed by atoms with van der Waals surface area (Å²) in [6.07, 6.45) is 23.2. The second-order valence-electron chi connectivity index (χ2n) is 10.1. The molecule has 0 amide bonds. The van der Waals surface area contributed by atoms with Crippen molar-refractivity contribution in [2.24, 2.45) is 11.8 Å². The third-order valence-electron chi connectivity index (χ3n) is 6.72. The molecule has 0 spiro atoms. The lowest BCUT2D eigenvalue weighted by Crippen LogP contribution is -2.36. The van der Waals surface area contributed by atoms with Gasteiger partial charge in [-0.1, -0.05) is 110 Å². The number of hydrogen-bond donors (Lipinski definition) is 0. The van der Waals surface area contributed by atoms with E-state index in [2.05, 4.69) is 6.92 Å². The van der Waals surface area contributed by atoms with E-state index in [0.717, 1.165) is 38.5 Å². The summed E-state index contributed by atoms with van der Waals surface area (Å²) in [5.74, 6) is -1.06. The van der Waals surface area contributed by atoms with E-state index < -0.39 is 0 Å². The molecule has 1 fully saturated rings. The molecular weight excluding hydrogens is 400 g/mol. The van der Waals surface area contributed by atoms with Crippen molar-refractivity contribution in [2.75, 3.05) is 6.61 Å². The lowest BCUT2D eigenvalue weighted by molar-refractivity contribution is -0.165. The van der Waals surface area contributed by atoms with Gasteiger partial charge in [0.25, 0.3) is 0 Å². The van der Waals surface area contributed by atoms with Crippen LogP contribution in [0.4, 0.5) is 0 Å². The van der Waals surface area contributed by atoms with Crippen molar-refractivity contribution < 1.29 is 19.1 Å². The summed E-state index contributed by atoms with van der Waals surface area (Å²) in [7, 11) is 0. The molecule has 2 atom stereocenters. The first-order valence-electron chi connectivity index (χ1n) is 13.9. The predicted octanol–water partition coefficient (Wildman–Crippen LogP) is 8.16. The van der Waals surface area contributed by atoms with E-state index in [0.29, 0.717) is 6.61 Å². The van der Waals surface area contributed by atoms with Gasteiger partial charge in [-0.15, -0.1) is 0 Å². The van der Waals surface area contributed by atoms with E-state index in [4.69, 9.17) is 9.47 Å². The average molecular weight is 453 g/mol. The van der Waals surface area contributed by atoms with Gasteiger partial charge < -0.3 is 9.47 Å². The Labute approximate surface area is 198 Å². The Hall–Kier alpha value is -1.06. The molecule has 0 bridgehead atoms. The standard InChI is InChI=1S/C28H52O4/c1-4-5-6-7-8-9-10-11-12-13-14-15-16-17-20-23-31-27(29)25-21-18-19-22-26(25)28(30)32-24(2)3/h24-26H,4-23H2,1-3H3. The fraction of sp³-hybridized carbons (Fsp3) is 0.929. The van der Waals surface area contributed by atoms with Crippen molar-refractivity contribution in [3.8, 4) is 0 Å². The molecule has 32 heavy (non-hydrogen) atoms. The van der Waals surface area contributed by atoms with Crippen LogP contribution in [-0.4, -0.2) is 24.6 Å². The average Bonchev–Trinajstić information content (AvgIpc) is 2.78. The number of unbranched alkanes of at least 4 members (excludes halogenated alkanes) is 14. The Morgan fingerprint density at radius 1 is 0.656 bits per heavy atom. The SMILES string of the molecule is CCCCCCCCCCCCCCCCCOC(=O)C1CCCCC1C(=O)OC(C)C. The first kappa shape index (κ1) is 29.0. The molecule has 0 aromatic rings. The van der Waals surface area contributed by atoms with Gasteiger partial charge in [0, 0.05) is 0 Å². The lowest BCUT2D eigenvalue weighted by Gasteiger charge is -2.28. The summed E-state index contributed by atoms with van der Waals surface area (Å²) in [5.41, 5.74) is 0. The Balaban J connectivity index is 1.97. The van der Waals surface area contributed by atoms with Gasteiger partial charge in [-0.2, -0.15) is 0 Å². The number of hydrogen-bond acceptors (Lipinski definition) is 4. The molecule has 188 valence electrons. The van der Waals surface area contributed by atoms with Crippen LogP contribution in [0.1, 0.15) is 143 Å². The monoisotopic (exact) mass is 452 g/mol. The maximum absolute atomic E-state index is 12.5. The minimum Gasteiger partial charge on any atom is -0.465 e. The van der Waals surface area contributed by atoms with E-state index in [1.807, 2.05) is 13.8 Å². The first-order chi connectivity index (χ1) is 15.6. The van der Waals surface area contributed by atoms with Crippen LogP contribution >= 0.6 is 0 Å². The zero-order valence-electron chi connectivity index (χ0n) is 21.5. The van der Waals surface area contributed by atoms with Gasteiger partial charge in [-0.05, 0) is 33.1 Å². The van der Waals surface area contributed by atoms with Crippen molar-refractivity contribution in [1.82, 2.24) is 0 Å². The highest BCUT2D eigenvalue weighted by Gasteiger charge is 2.38. The predicted molar refractivity (Wildman–Crippen MR) is 133 cm³/mol. The van der Waals surface area contributed by atoms with Crippen LogP contribution in [0.5, 0.6) is 0 Å². The van der Waals surface area contributed by atoms with Gasteiger partial charge in [0.2, 0.25) is 0 Å². The van der Waals surface area contributed by atoms with Gasteiger partial charge >= 0.3 is 11.9 Å². The van der Waals surface area contributed by atoms with E-state index in [1.54, 1.807) is 0 Å². The second kappa shape index (κ2) is 19.4. The highest BCUT2D eigenvalue weighted by Crippen LogP contribution is 2.32. The van der Waals surface area contributed by atoms with Gasteiger partial charge in [0.15, 0.2) is 0 Å². The Bertz CT molecular complexity index is 474. The normalized spacial score (nSPS) is 18.6. The van der Waals surface area contributed by atoms with E-state index in [9.17, 15) is 9.59 Å². The van der Waals surface area contributed by atoms with Crippen LogP contribution < -0.4 is 0 Å². The third kappa shape index (κ3) is 14.2. The summed E-state index contributed by atoms with van der Waals surface area (Å²) < 4.78 is 10.9. The maximum Gasteiger partial charge on any atom is 0.310 e. The second-order valence-corrected chi connectivity index (χ2v) is 10.1. The number of carbonyl (C=O) groups excluding carboxylic acids is 2. The minimum absolute atomic E-state index is 0.138. The summed E-state index contributed by atoms with van der Waals surface area (Å²) in [4.78, 5) is 24.8. The first-order valence-corrected chi connectivity index (χ1v) is 13.9. The number of esters is 2. The third-order valence-corrected chi connectivity index (χ3v) is 6.72. The molecule has 1 saturated carbocycles. The molecule has 0 aromatic carbocycles. The molecule has 2 unspecified atom stereocenters. The quantitative estimate of drug-likeness (QED) is 0.146. The van der Waals surface area contributed by atoms with Crippen LogP contribution in [0.25, 0.3) is 0 Å². The van der Waals surface area contributed by atoms with Gasteiger partial charge in [0.05, 0.1) is 24.5 Å². The van der Waals surface area contributed by atoms with Crippen LogP contribution in [0, 0.1) is 11.8 Å². The Morgan fingerprint density at radius 3 is 1.50 bits per heavy atom. The van der Waals surface area contributed by atoms with Crippen LogP contribution in [-0.2, 0) is 19.1 Å². The maximum atomic E-state index is 12.5. The number of ether oxygens (including phenoxy) is 2. The summed E-state index contributed by atoms with van der Waals surface area (Å²) in [6.45, 7) is 6.46. The van der Waals surface area contributed by atoms with Crippen molar-refractivity contribution in [1.29, 1.82) is 0 Å². The highest BCUT2D eigenvalue weighted by molar-refractivity contribution is 5.82. The lowest BCUT2D eigenvalue weighted by atomic mass is 9.79. The van der Waals surface area contributed by atoms with E-state index >= 15 is 0 Å². The topological polar surface area (TPSA) is 52.6 Å². The molecule has 0 aliphatic heterocycles. The molecule has 0 radical (unpaired) electrons. The van der Waals surface area contributed by atoms with Crippen molar-refractivity contribution >= 4 is 11.9 Å². The molecule has 0 aromatic heterocycles. The molecule has 0 heterocycles. The Kier molecular flexibility index (Phi) is 17.6.